The Morgan fingerprint density at radius 3 is 1.40 bits per heavy atom. The van der Waals surface area contributed by atoms with Crippen LogP contribution in [0.4, 0.5) is 0 Å². The van der Waals surface area contributed by atoms with E-state index >= 15 is 0 Å². The van der Waals surface area contributed by atoms with Gasteiger partial charge >= 0.3 is 5.97 Å². The van der Waals surface area contributed by atoms with Gasteiger partial charge in [-0.25, -0.2) is 0 Å². The molecule has 1 amide bonds. The van der Waals surface area contributed by atoms with Gasteiger partial charge in [-0.15, -0.1) is 0 Å². The number of nitrogens with one attached hydrogen (secondary N) is 1. The van der Waals surface area contributed by atoms with Gasteiger partial charge in [0.2, 0.25) is 5.91 Å². The second-order valence-electron chi connectivity index (χ2n) is 17.5. The van der Waals surface area contributed by atoms with Crippen molar-refractivity contribution in [2.75, 3.05) is 6.61 Å². The quantitative estimate of drug-likeness (QED) is 0.0322. The molecule has 350 valence electrons. The van der Waals surface area contributed by atoms with Crippen LogP contribution in [-0.2, 0) is 14.3 Å². The number of carbonyl (C=O) groups is 2. The monoisotopic (exact) mass is 842 g/mol. The molecule has 6 nitrogen and oxygen atoms in total. The maximum Gasteiger partial charge on any atom is 0.306 e. The Kier molecular flexibility index (Phi) is 46.1. The van der Waals surface area contributed by atoms with Crippen LogP contribution in [0.2, 0.25) is 0 Å². The molecule has 0 aromatic heterocycles. The molecule has 0 rings (SSSR count). The molecule has 0 aromatic rings. The smallest absolute Gasteiger partial charge is 0.306 e. The number of aliphatic hydroxyl groups excluding tert-OH is 2. The zero-order valence-electron chi connectivity index (χ0n) is 39.8. The third-order valence-corrected chi connectivity index (χ3v) is 11.6. The number of rotatable bonds is 46. The maximum atomic E-state index is 13.2. The van der Waals surface area contributed by atoms with Crippen LogP contribution in [0.5, 0.6) is 0 Å². The minimum atomic E-state index is -0.793. The summed E-state index contributed by atoms with van der Waals surface area (Å²) in [6.07, 6.45) is 57.4. The van der Waals surface area contributed by atoms with E-state index < -0.39 is 18.2 Å². The molecule has 0 fully saturated rings. The minimum Gasteiger partial charge on any atom is -0.462 e. The van der Waals surface area contributed by atoms with Crippen molar-refractivity contribution in [2.45, 2.75) is 277 Å². The van der Waals surface area contributed by atoms with Gasteiger partial charge in [0, 0.05) is 6.42 Å². The fourth-order valence-corrected chi connectivity index (χ4v) is 7.73. The number of hydrogen-bond acceptors (Lipinski definition) is 5. The van der Waals surface area contributed by atoms with Gasteiger partial charge < -0.3 is 20.3 Å². The molecule has 0 bridgehead atoms. The van der Waals surface area contributed by atoms with Gasteiger partial charge in [0.1, 0.15) is 6.10 Å². The predicted octanol–water partition coefficient (Wildman–Crippen LogP) is 15.5. The van der Waals surface area contributed by atoms with Crippen molar-refractivity contribution >= 4 is 11.9 Å². The summed E-state index contributed by atoms with van der Waals surface area (Å²) in [5.74, 6) is -0.496. The first-order valence-corrected chi connectivity index (χ1v) is 25.9. The molecule has 6 heteroatoms. The Morgan fingerprint density at radius 1 is 0.500 bits per heavy atom. The van der Waals surface area contributed by atoms with Gasteiger partial charge in [0.25, 0.3) is 0 Å². The highest BCUT2D eigenvalue weighted by Gasteiger charge is 2.24. The predicted molar refractivity (Wildman–Crippen MR) is 259 cm³/mol. The molecule has 0 aliphatic rings. The standard InChI is InChI=1S/C54H99NO5/c1-4-7-10-13-16-19-22-25-27-29-32-35-38-41-44-47-54(59)60-50(45-42-39-36-33-30-28-26-23-20-17-14-11-8-5-2)48-53(58)55-51(49-56)52(57)46-43-40-37-34-31-24-21-18-15-12-9-6-3/h8,11,17,19-20,22,26,28,50-52,56-57H,4-7,9-10,12-16,18,21,23-25,27,29-49H2,1-3H3,(H,55,58)/b11-8+,20-17+,22-19-,28-26+. The van der Waals surface area contributed by atoms with Gasteiger partial charge in [-0.1, -0.05) is 211 Å². The summed E-state index contributed by atoms with van der Waals surface area (Å²) in [5, 5.41) is 23.7. The molecular formula is C54H99NO5. The molecule has 0 saturated heterocycles. The minimum absolute atomic E-state index is 0.0616. The second-order valence-corrected chi connectivity index (χ2v) is 17.5. The van der Waals surface area contributed by atoms with E-state index in [-0.39, 0.29) is 24.9 Å². The van der Waals surface area contributed by atoms with Gasteiger partial charge in [-0.3, -0.25) is 9.59 Å². The number of allylic oxidation sites excluding steroid dienone is 8. The number of esters is 1. The third kappa shape index (κ3) is 42.5. The SMILES string of the molecule is CC/C=C/C/C=C/C/C=C/CCCCCCC(CC(=O)NC(CO)C(O)CCCCCCCCCCCCCC)OC(=O)CCCCCCCCC/C=C\CCCCCC. The summed E-state index contributed by atoms with van der Waals surface area (Å²) in [6.45, 7) is 6.36. The van der Waals surface area contributed by atoms with E-state index in [0.29, 0.717) is 19.3 Å². The number of amides is 1. The second kappa shape index (κ2) is 47.9. The normalized spacial score (nSPS) is 13.6. The number of aliphatic hydroxyl groups is 2. The summed E-state index contributed by atoms with van der Waals surface area (Å²) in [4.78, 5) is 26.1. The van der Waals surface area contributed by atoms with Crippen molar-refractivity contribution < 1.29 is 24.5 Å². The lowest BCUT2D eigenvalue weighted by Gasteiger charge is -2.24. The lowest BCUT2D eigenvalue weighted by atomic mass is 10.0. The lowest BCUT2D eigenvalue weighted by molar-refractivity contribution is -0.151. The average Bonchev–Trinajstić information content (AvgIpc) is 3.24. The Bertz CT molecular complexity index is 1040. The highest BCUT2D eigenvalue weighted by atomic mass is 16.5. The third-order valence-electron chi connectivity index (χ3n) is 11.6. The summed E-state index contributed by atoms with van der Waals surface area (Å²) in [5.41, 5.74) is 0. The molecule has 0 aliphatic heterocycles. The fourth-order valence-electron chi connectivity index (χ4n) is 7.73. The molecule has 3 N–H and O–H groups in total. The molecule has 0 heterocycles. The van der Waals surface area contributed by atoms with Crippen molar-refractivity contribution in [3.63, 3.8) is 0 Å². The number of ether oxygens (including phenoxy) is 1. The zero-order chi connectivity index (χ0) is 43.8. The summed E-state index contributed by atoms with van der Waals surface area (Å²) in [6, 6.07) is -0.709. The van der Waals surface area contributed by atoms with Crippen LogP contribution in [-0.4, -0.2) is 46.9 Å². The highest BCUT2D eigenvalue weighted by Crippen LogP contribution is 2.18. The van der Waals surface area contributed by atoms with Crippen LogP contribution in [0.3, 0.4) is 0 Å². The van der Waals surface area contributed by atoms with Crippen LogP contribution in [0.15, 0.2) is 48.6 Å². The van der Waals surface area contributed by atoms with Crippen LogP contribution in [0, 0.1) is 0 Å². The van der Waals surface area contributed by atoms with E-state index in [1.165, 1.54) is 122 Å². The van der Waals surface area contributed by atoms with Crippen LogP contribution in [0.1, 0.15) is 258 Å². The van der Waals surface area contributed by atoms with Crippen LogP contribution < -0.4 is 5.32 Å². The summed E-state index contributed by atoms with van der Waals surface area (Å²) in [7, 11) is 0. The van der Waals surface area contributed by atoms with E-state index in [0.717, 1.165) is 89.9 Å². The fraction of sp³-hybridized carbons (Fsp3) is 0.815. The Hall–Kier alpha value is -2.18. The van der Waals surface area contributed by atoms with E-state index in [2.05, 4.69) is 74.7 Å². The lowest BCUT2D eigenvalue weighted by Crippen LogP contribution is -2.46. The van der Waals surface area contributed by atoms with Gasteiger partial charge in [-0.2, -0.15) is 0 Å². The first-order chi connectivity index (χ1) is 29.5. The molecule has 0 spiro atoms. The Labute approximate surface area is 372 Å². The van der Waals surface area contributed by atoms with Gasteiger partial charge in [0.15, 0.2) is 0 Å². The number of unbranched alkanes of at least 4 members (excludes halogenated alkanes) is 26. The van der Waals surface area contributed by atoms with E-state index in [9.17, 15) is 19.8 Å². The highest BCUT2D eigenvalue weighted by molar-refractivity contribution is 5.77. The van der Waals surface area contributed by atoms with Crippen LogP contribution >= 0.6 is 0 Å². The van der Waals surface area contributed by atoms with Gasteiger partial charge in [-0.05, 0) is 83.5 Å². The molecule has 60 heavy (non-hydrogen) atoms. The Morgan fingerprint density at radius 2 is 0.900 bits per heavy atom. The largest absolute Gasteiger partial charge is 0.462 e. The first-order valence-electron chi connectivity index (χ1n) is 25.9. The average molecular weight is 842 g/mol. The van der Waals surface area contributed by atoms with Crippen molar-refractivity contribution in [3.8, 4) is 0 Å². The van der Waals surface area contributed by atoms with E-state index in [1.54, 1.807) is 0 Å². The first kappa shape index (κ1) is 57.8. The van der Waals surface area contributed by atoms with Crippen molar-refractivity contribution in [1.82, 2.24) is 5.32 Å². The number of carbonyl (C=O) groups excluding carboxylic acids is 2. The summed E-state index contributed by atoms with van der Waals surface area (Å²) >= 11 is 0. The van der Waals surface area contributed by atoms with Crippen molar-refractivity contribution in [3.05, 3.63) is 48.6 Å². The van der Waals surface area contributed by atoms with Crippen molar-refractivity contribution in [1.29, 1.82) is 0 Å². The molecule has 3 unspecified atom stereocenters. The molecule has 3 atom stereocenters. The molecule has 0 saturated carbocycles. The number of hydrogen-bond donors (Lipinski definition) is 3. The molecule has 0 radical (unpaired) electrons. The maximum absolute atomic E-state index is 13.2. The van der Waals surface area contributed by atoms with E-state index in [4.69, 9.17) is 4.74 Å². The topological polar surface area (TPSA) is 95.9 Å². The molecule has 0 aromatic carbocycles. The molecule has 0 aliphatic carbocycles. The van der Waals surface area contributed by atoms with Crippen molar-refractivity contribution in [2.24, 2.45) is 0 Å². The van der Waals surface area contributed by atoms with Gasteiger partial charge in [0.05, 0.1) is 25.2 Å². The molecular weight excluding hydrogens is 743 g/mol. The van der Waals surface area contributed by atoms with Crippen LogP contribution in [0.25, 0.3) is 0 Å². The zero-order valence-corrected chi connectivity index (χ0v) is 39.8. The van der Waals surface area contributed by atoms with E-state index in [1.807, 2.05) is 0 Å². The Balaban J connectivity index is 4.61. The summed E-state index contributed by atoms with van der Waals surface area (Å²) < 4.78 is 5.93.